The Morgan fingerprint density at radius 1 is 1.35 bits per heavy atom. The molecule has 0 spiro atoms. The van der Waals surface area contributed by atoms with Gasteiger partial charge < -0.3 is 20.1 Å². The second kappa shape index (κ2) is 9.35. The van der Waals surface area contributed by atoms with Gasteiger partial charge in [0.05, 0.1) is 19.3 Å². The van der Waals surface area contributed by atoms with Crippen LogP contribution in [0.2, 0.25) is 0 Å². The summed E-state index contributed by atoms with van der Waals surface area (Å²) in [5.41, 5.74) is 0.646. The Labute approximate surface area is 155 Å². The number of carboxylic acids is 1. The Morgan fingerprint density at radius 3 is 2.73 bits per heavy atom. The molecule has 1 saturated heterocycles. The summed E-state index contributed by atoms with van der Waals surface area (Å²) in [5, 5.41) is 29.7. The SMILES string of the molecule is CCCOc1ccc(CN2CC[C@@H](O)[C@](CCC)(C(=O)O)C2)cc1CO. The van der Waals surface area contributed by atoms with E-state index in [9.17, 15) is 20.1 Å². The number of rotatable bonds is 9. The van der Waals surface area contributed by atoms with E-state index in [1.54, 1.807) is 0 Å². The van der Waals surface area contributed by atoms with Gasteiger partial charge in [-0.1, -0.05) is 26.3 Å². The Bertz CT molecular complexity index is 606. The summed E-state index contributed by atoms with van der Waals surface area (Å²) in [6, 6.07) is 5.74. The molecule has 1 aromatic carbocycles. The molecule has 0 aliphatic carbocycles. The minimum absolute atomic E-state index is 0.0967. The number of carboxylic acid groups (broad SMARTS) is 1. The standard InChI is InChI=1S/C20H31NO5/c1-3-8-20(19(24)25)14-21(9-7-18(20)23)12-15-5-6-17(26-10-4-2)16(11-15)13-22/h5-6,11,18,22-23H,3-4,7-10,12-14H2,1-2H3,(H,24,25)/t18-,20-/m1/s1. The largest absolute Gasteiger partial charge is 0.493 e. The first-order chi connectivity index (χ1) is 12.5. The molecule has 0 bridgehead atoms. The molecule has 6 heteroatoms. The predicted octanol–water partition coefficient (Wildman–Crippen LogP) is 2.41. The smallest absolute Gasteiger partial charge is 0.313 e. The number of aliphatic hydroxyl groups is 2. The molecule has 3 N–H and O–H groups in total. The minimum atomic E-state index is -1.10. The Balaban J connectivity index is 2.13. The first-order valence-electron chi connectivity index (χ1n) is 9.46. The lowest BCUT2D eigenvalue weighted by Crippen LogP contribution is -2.55. The molecule has 1 fully saturated rings. The quantitative estimate of drug-likeness (QED) is 0.623. The normalized spacial score (nSPS) is 23.8. The lowest BCUT2D eigenvalue weighted by molar-refractivity contribution is -0.164. The number of carbonyl (C=O) groups is 1. The van der Waals surface area contributed by atoms with E-state index in [2.05, 4.69) is 4.90 Å². The highest BCUT2D eigenvalue weighted by Crippen LogP contribution is 2.36. The number of likely N-dealkylation sites (tertiary alicyclic amines) is 1. The molecule has 0 amide bonds. The maximum Gasteiger partial charge on any atom is 0.313 e. The van der Waals surface area contributed by atoms with Crippen LogP contribution in [0.4, 0.5) is 0 Å². The zero-order valence-corrected chi connectivity index (χ0v) is 15.8. The number of benzene rings is 1. The van der Waals surface area contributed by atoms with Crippen molar-refractivity contribution in [3.63, 3.8) is 0 Å². The third kappa shape index (κ3) is 4.55. The highest BCUT2D eigenvalue weighted by Gasteiger charge is 2.48. The second-order valence-electron chi connectivity index (χ2n) is 7.18. The van der Waals surface area contributed by atoms with E-state index in [0.717, 1.165) is 24.0 Å². The van der Waals surface area contributed by atoms with E-state index in [1.165, 1.54) is 0 Å². The fourth-order valence-electron chi connectivity index (χ4n) is 3.77. The molecule has 146 valence electrons. The topological polar surface area (TPSA) is 90.2 Å². The van der Waals surface area contributed by atoms with Crippen molar-refractivity contribution in [2.24, 2.45) is 5.41 Å². The van der Waals surface area contributed by atoms with Crippen molar-refractivity contribution < 1.29 is 24.9 Å². The molecule has 1 heterocycles. The maximum absolute atomic E-state index is 11.9. The van der Waals surface area contributed by atoms with Crippen molar-refractivity contribution >= 4 is 5.97 Å². The molecule has 2 rings (SSSR count). The molecule has 0 unspecified atom stereocenters. The van der Waals surface area contributed by atoms with Crippen LogP contribution in [0.25, 0.3) is 0 Å². The van der Waals surface area contributed by atoms with Crippen LogP contribution in [-0.2, 0) is 17.9 Å². The van der Waals surface area contributed by atoms with E-state index in [-0.39, 0.29) is 6.61 Å². The lowest BCUT2D eigenvalue weighted by Gasteiger charge is -2.43. The van der Waals surface area contributed by atoms with Gasteiger partial charge in [0.25, 0.3) is 0 Å². The molecule has 26 heavy (non-hydrogen) atoms. The third-order valence-electron chi connectivity index (χ3n) is 5.15. The highest BCUT2D eigenvalue weighted by molar-refractivity contribution is 5.76. The summed E-state index contributed by atoms with van der Waals surface area (Å²) < 4.78 is 5.65. The molecule has 0 aromatic heterocycles. The fourth-order valence-corrected chi connectivity index (χ4v) is 3.77. The molecule has 2 atom stereocenters. The van der Waals surface area contributed by atoms with Crippen molar-refractivity contribution in [2.75, 3.05) is 19.7 Å². The Morgan fingerprint density at radius 2 is 2.12 bits per heavy atom. The van der Waals surface area contributed by atoms with Gasteiger partial charge in [-0.3, -0.25) is 9.69 Å². The number of nitrogens with zero attached hydrogens (tertiary/aromatic N) is 1. The van der Waals surface area contributed by atoms with Gasteiger partial charge in [-0.05, 0) is 37.0 Å². The van der Waals surface area contributed by atoms with Crippen LogP contribution in [0.5, 0.6) is 5.75 Å². The average molecular weight is 365 g/mol. The monoisotopic (exact) mass is 365 g/mol. The summed E-state index contributed by atoms with van der Waals surface area (Å²) in [6.45, 7) is 6.06. The van der Waals surface area contributed by atoms with E-state index in [0.29, 0.717) is 44.8 Å². The van der Waals surface area contributed by atoms with Gasteiger partial charge in [-0.15, -0.1) is 0 Å². The third-order valence-corrected chi connectivity index (χ3v) is 5.15. The molecular weight excluding hydrogens is 334 g/mol. The van der Waals surface area contributed by atoms with Crippen molar-refractivity contribution in [3.8, 4) is 5.75 Å². The summed E-state index contributed by atoms with van der Waals surface area (Å²) in [5.74, 6) is -0.228. The fraction of sp³-hybridized carbons (Fsp3) is 0.650. The first-order valence-corrected chi connectivity index (χ1v) is 9.46. The zero-order valence-electron chi connectivity index (χ0n) is 15.8. The van der Waals surface area contributed by atoms with Crippen molar-refractivity contribution in [1.29, 1.82) is 0 Å². The number of hydrogen-bond donors (Lipinski definition) is 3. The van der Waals surface area contributed by atoms with Gasteiger partial charge in [-0.25, -0.2) is 0 Å². The van der Waals surface area contributed by atoms with Crippen LogP contribution in [-0.4, -0.2) is 52.0 Å². The molecule has 0 saturated carbocycles. The van der Waals surface area contributed by atoms with Crippen molar-refractivity contribution in [3.05, 3.63) is 29.3 Å². The predicted molar refractivity (Wildman–Crippen MR) is 99.0 cm³/mol. The van der Waals surface area contributed by atoms with Crippen LogP contribution >= 0.6 is 0 Å². The number of aliphatic carboxylic acids is 1. The van der Waals surface area contributed by atoms with E-state index < -0.39 is 17.5 Å². The van der Waals surface area contributed by atoms with Crippen LogP contribution in [0, 0.1) is 5.41 Å². The van der Waals surface area contributed by atoms with Gasteiger partial charge in [0.15, 0.2) is 0 Å². The summed E-state index contributed by atoms with van der Waals surface area (Å²) >= 11 is 0. The number of ether oxygens (including phenoxy) is 1. The van der Waals surface area contributed by atoms with Crippen LogP contribution in [0.3, 0.4) is 0 Å². The summed E-state index contributed by atoms with van der Waals surface area (Å²) in [4.78, 5) is 14.0. The maximum atomic E-state index is 11.9. The van der Waals surface area contributed by atoms with Gasteiger partial charge in [-0.2, -0.15) is 0 Å². The second-order valence-corrected chi connectivity index (χ2v) is 7.18. The van der Waals surface area contributed by atoms with Gasteiger partial charge in [0.1, 0.15) is 11.2 Å². The average Bonchev–Trinajstić information content (AvgIpc) is 2.63. The van der Waals surface area contributed by atoms with Crippen molar-refractivity contribution in [2.45, 2.75) is 58.8 Å². The number of aliphatic hydroxyl groups excluding tert-OH is 2. The Hall–Kier alpha value is -1.63. The minimum Gasteiger partial charge on any atom is -0.493 e. The number of hydrogen-bond acceptors (Lipinski definition) is 5. The molecular formula is C20H31NO5. The summed E-state index contributed by atoms with van der Waals surface area (Å²) in [6.07, 6.45) is 1.73. The van der Waals surface area contributed by atoms with Crippen LogP contribution < -0.4 is 4.74 Å². The molecule has 1 aromatic rings. The van der Waals surface area contributed by atoms with E-state index in [4.69, 9.17) is 4.74 Å². The molecule has 0 radical (unpaired) electrons. The van der Waals surface area contributed by atoms with Gasteiger partial charge in [0.2, 0.25) is 0 Å². The van der Waals surface area contributed by atoms with Crippen molar-refractivity contribution in [1.82, 2.24) is 4.90 Å². The first kappa shape index (κ1) is 20.7. The lowest BCUT2D eigenvalue weighted by atomic mass is 9.74. The molecule has 1 aliphatic rings. The van der Waals surface area contributed by atoms with E-state index in [1.807, 2.05) is 32.0 Å². The van der Waals surface area contributed by atoms with Crippen LogP contribution in [0.15, 0.2) is 18.2 Å². The Kier molecular flexibility index (Phi) is 7.43. The van der Waals surface area contributed by atoms with Gasteiger partial charge in [0, 0.05) is 25.2 Å². The molecule has 1 aliphatic heterocycles. The summed E-state index contributed by atoms with van der Waals surface area (Å²) in [7, 11) is 0. The molecule has 6 nitrogen and oxygen atoms in total. The van der Waals surface area contributed by atoms with Gasteiger partial charge >= 0.3 is 5.97 Å². The number of piperidine rings is 1. The highest BCUT2D eigenvalue weighted by atomic mass is 16.5. The van der Waals surface area contributed by atoms with E-state index >= 15 is 0 Å². The van der Waals surface area contributed by atoms with Crippen LogP contribution in [0.1, 0.15) is 50.7 Å². The zero-order chi connectivity index (χ0) is 19.2.